The van der Waals surface area contributed by atoms with Gasteiger partial charge in [-0.25, -0.2) is 19.7 Å². The molecule has 0 fully saturated rings. The first-order valence-corrected chi connectivity index (χ1v) is 11.9. The topological polar surface area (TPSA) is 145 Å². The minimum atomic E-state index is -1.18. The van der Waals surface area contributed by atoms with Crippen LogP contribution in [0.2, 0.25) is 0 Å². The van der Waals surface area contributed by atoms with E-state index in [2.05, 4.69) is 26.3 Å². The average Bonchev–Trinajstić information content (AvgIpc) is 3.19. The maximum Gasteiger partial charge on any atom is 0.404 e. The molecule has 11 nitrogen and oxygen atoms in total. The highest BCUT2D eigenvalue weighted by molar-refractivity contribution is 7.85. The van der Waals surface area contributed by atoms with Gasteiger partial charge in [0.25, 0.3) is 0 Å². The number of aromatic nitrogens is 4. The fourth-order valence-corrected chi connectivity index (χ4v) is 4.97. The molecule has 2 aliphatic heterocycles. The van der Waals surface area contributed by atoms with Crippen LogP contribution < -0.4 is 20.7 Å². The molecule has 0 unspecified atom stereocenters. The van der Waals surface area contributed by atoms with E-state index in [9.17, 15) is 9.00 Å². The number of anilines is 2. The molecule has 2 aromatic rings. The summed E-state index contributed by atoms with van der Waals surface area (Å²) in [4.78, 5) is 31.9. The van der Waals surface area contributed by atoms with E-state index in [0.717, 1.165) is 17.7 Å². The third-order valence-corrected chi connectivity index (χ3v) is 6.81. The number of primary amides is 1. The second-order valence-corrected chi connectivity index (χ2v) is 9.94. The van der Waals surface area contributed by atoms with Crippen molar-refractivity contribution in [2.45, 2.75) is 37.1 Å². The highest BCUT2D eigenvalue weighted by Crippen LogP contribution is 2.32. The highest BCUT2D eigenvalue weighted by Gasteiger charge is 2.31. The summed E-state index contributed by atoms with van der Waals surface area (Å²) in [5.74, 6) is 2.87. The molecule has 0 saturated carbocycles. The summed E-state index contributed by atoms with van der Waals surface area (Å²) in [5.41, 5.74) is 6.27. The molecule has 2 aromatic heterocycles. The van der Waals surface area contributed by atoms with Crippen LogP contribution >= 0.6 is 0 Å². The Kier molecular flexibility index (Phi) is 6.45. The minimum Gasteiger partial charge on any atom is -0.494 e. The first kappa shape index (κ1) is 22.9. The summed E-state index contributed by atoms with van der Waals surface area (Å²) in [7, 11) is 0.400. The van der Waals surface area contributed by atoms with Gasteiger partial charge in [-0.15, -0.1) is 0 Å². The van der Waals surface area contributed by atoms with E-state index in [-0.39, 0.29) is 6.61 Å². The van der Waals surface area contributed by atoms with Gasteiger partial charge in [0.2, 0.25) is 5.95 Å². The molecule has 3 N–H and O–H groups in total. The lowest BCUT2D eigenvalue weighted by molar-refractivity contribution is 0.138. The second kappa shape index (κ2) is 9.30. The van der Waals surface area contributed by atoms with Gasteiger partial charge in [-0.2, -0.15) is 4.98 Å². The molecule has 4 rings (SSSR count). The molecule has 176 valence electrons. The summed E-state index contributed by atoms with van der Waals surface area (Å²) < 4.78 is 22.7. The molecule has 4 heterocycles. The maximum atomic E-state index is 12.6. The van der Waals surface area contributed by atoms with Crippen LogP contribution in [0, 0.1) is 0 Å². The number of amides is 1. The molecule has 1 amide bonds. The minimum absolute atomic E-state index is 0.0424. The number of fused-ring (bicyclic) bond motifs is 1. The van der Waals surface area contributed by atoms with Crippen molar-refractivity contribution >= 4 is 34.2 Å². The van der Waals surface area contributed by atoms with Crippen LogP contribution in [0.1, 0.15) is 31.8 Å². The van der Waals surface area contributed by atoms with Gasteiger partial charge >= 0.3 is 6.09 Å². The zero-order valence-electron chi connectivity index (χ0n) is 18.8. The quantitative estimate of drug-likeness (QED) is 0.607. The van der Waals surface area contributed by atoms with Crippen molar-refractivity contribution in [3.05, 3.63) is 30.0 Å². The molecular weight excluding hydrogens is 446 g/mol. The normalized spacial score (nSPS) is 17.8. The summed E-state index contributed by atoms with van der Waals surface area (Å²) in [6.45, 7) is 5.04. The molecule has 12 heteroatoms. The number of carbonyl (C=O) groups excluding carboxylic acids is 1. The predicted molar refractivity (Wildman–Crippen MR) is 124 cm³/mol. The molecule has 33 heavy (non-hydrogen) atoms. The van der Waals surface area contributed by atoms with Crippen LogP contribution in [0.25, 0.3) is 5.57 Å². The number of rotatable bonds is 7. The standard InChI is InChI=1S/C21H27N7O4S/c1-21(2,12-32-19(22)29)27-18-16-15(6-9-33(16)30)25-20(26-18)28-7-4-13(5-8-28)17-23-10-14(31-3)11-24-17/h4,10-11H,5-9,12H2,1-3H3,(H2,22,29)(H,25,26,27)/t33-/m0/s1. The third-order valence-electron chi connectivity index (χ3n) is 5.35. The van der Waals surface area contributed by atoms with Gasteiger partial charge in [-0.3, -0.25) is 4.21 Å². The van der Waals surface area contributed by atoms with Crippen LogP contribution in [-0.4, -0.2) is 68.3 Å². The molecular formula is C21H27N7O4S. The molecule has 0 spiro atoms. The van der Waals surface area contributed by atoms with E-state index >= 15 is 0 Å². The molecule has 0 aromatic carbocycles. The van der Waals surface area contributed by atoms with Crippen molar-refractivity contribution < 1.29 is 18.5 Å². The molecule has 0 bridgehead atoms. The van der Waals surface area contributed by atoms with Gasteiger partial charge in [-0.1, -0.05) is 6.08 Å². The average molecular weight is 474 g/mol. The van der Waals surface area contributed by atoms with Gasteiger partial charge < -0.3 is 25.4 Å². The number of carbonyl (C=O) groups is 1. The summed E-state index contributed by atoms with van der Waals surface area (Å²) in [6, 6.07) is 0. The van der Waals surface area contributed by atoms with E-state index in [1.54, 1.807) is 19.5 Å². The van der Waals surface area contributed by atoms with Gasteiger partial charge in [0.15, 0.2) is 11.6 Å². The van der Waals surface area contributed by atoms with E-state index in [1.165, 1.54) is 0 Å². The SMILES string of the molecule is COc1cnc(C2=CCN(c3nc4c(c(NC(C)(C)COC(N)=O)n3)[S@@](=O)CC4)CC2)nc1. The van der Waals surface area contributed by atoms with Gasteiger partial charge in [0.1, 0.15) is 17.3 Å². The number of nitrogens with two attached hydrogens (primary N) is 1. The Morgan fingerprint density at radius 3 is 2.67 bits per heavy atom. The number of aryl methyl sites for hydroxylation is 1. The Hall–Kier alpha value is -3.28. The van der Waals surface area contributed by atoms with Gasteiger partial charge in [0, 0.05) is 25.3 Å². The van der Waals surface area contributed by atoms with Gasteiger partial charge in [0.05, 0.1) is 41.5 Å². The van der Waals surface area contributed by atoms with E-state index in [0.29, 0.717) is 53.5 Å². The number of nitrogens with one attached hydrogen (secondary N) is 1. The van der Waals surface area contributed by atoms with Crippen molar-refractivity contribution in [3.63, 3.8) is 0 Å². The van der Waals surface area contributed by atoms with Crippen LogP contribution in [-0.2, 0) is 22.0 Å². The van der Waals surface area contributed by atoms with Crippen molar-refractivity contribution in [1.29, 1.82) is 0 Å². The van der Waals surface area contributed by atoms with Crippen LogP contribution in [0.15, 0.2) is 23.4 Å². The Labute approximate surface area is 194 Å². The lowest BCUT2D eigenvalue weighted by Crippen LogP contribution is -2.39. The number of ether oxygens (including phenoxy) is 2. The van der Waals surface area contributed by atoms with E-state index < -0.39 is 22.4 Å². The Balaban J connectivity index is 1.56. The number of hydrogen-bond acceptors (Lipinski definition) is 10. The monoisotopic (exact) mass is 473 g/mol. The number of methoxy groups -OCH3 is 1. The van der Waals surface area contributed by atoms with E-state index in [1.807, 2.05) is 13.8 Å². The molecule has 0 saturated heterocycles. The van der Waals surface area contributed by atoms with Crippen molar-refractivity contribution in [2.24, 2.45) is 5.73 Å². The van der Waals surface area contributed by atoms with Crippen molar-refractivity contribution in [3.8, 4) is 5.75 Å². The zero-order chi connectivity index (χ0) is 23.6. The van der Waals surface area contributed by atoms with E-state index in [4.69, 9.17) is 25.2 Å². The highest BCUT2D eigenvalue weighted by atomic mass is 32.2. The third kappa shape index (κ3) is 5.21. The fraction of sp³-hybridized carbons (Fsp3) is 0.476. The van der Waals surface area contributed by atoms with Crippen LogP contribution in [0.5, 0.6) is 5.75 Å². The molecule has 1 atom stereocenters. The Morgan fingerprint density at radius 2 is 2.03 bits per heavy atom. The molecule has 0 aliphatic carbocycles. The summed E-state index contributed by atoms with van der Waals surface area (Å²) in [5, 5.41) is 3.28. The molecule has 2 aliphatic rings. The van der Waals surface area contributed by atoms with Crippen molar-refractivity contribution in [1.82, 2.24) is 19.9 Å². The lowest BCUT2D eigenvalue weighted by Gasteiger charge is -2.29. The zero-order valence-corrected chi connectivity index (χ0v) is 19.6. The smallest absolute Gasteiger partial charge is 0.404 e. The van der Waals surface area contributed by atoms with Crippen LogP contribution in [0.3, 0.4) is 0 Å². The Bertz CT molecular complexity index is 1100. The second-order valence-electron chi connectivity index (χ2n) is 8.44. The summed E-state index contributed by atoms with van der Waals surface area (Å²) >= 11 is 0. The summed E-state index contributed by atoms with van der Waals surface area (Å²) in [6.07, 6.45) is 5.89. The lowest BCUT2D eigenvalue weighted by atomic mass is 10.1. The number of hydrogen-bond donors (Lipinski definition) is 2. The first-order valence-electron chi connectivity index (χ1n) is 10.6. The predicted octanol–water partition coefficient (Wildman–Crippen LogP) is 1.52. The van der Waals surface area contributed by atoms with Gasteiger partial charge in [-0.05, 0) is 25.8 Å². The largest absolute Gasteiger partial charge is 0.494 e. The molecule has 0 radical (unpaired) electrons. The number of nitrogens with zero attached hydrogens (tertiary/aromatic N) is 5. The Morgan fingerprint density at radius 1 is 1.27 bits per heavy atom. The fourth-order valence-electron chi connectivity index (χ4n) is 3.66. The first-order chi connectivity index (χ1) is 15.8. The van der Waals surface area contributed by atoms with Crippen molar-refractivity contribution in [2.75, 3.05) is 42.8 Å². The maximum absolute atomic E-state index is 12.6. The van der Waals surface area contributed by atoms with Crippen LogP contribution in [0.4, 0.5) is 16.6 Å².